The van der Waals surface area contributed by atoms with Crippen LogP contribution in [-0.2, 0) is 9.59 Å². The van der Waals surface area contributed by atoms with Gasteiger partial charge in [-0.1, -0.05) is 34.1 Å². The number of rotatable bonds is 3. The van der Waals surface area contributed by atoms with Gasteiger partial charge in [-0.3, -0.25) is 4.79 Å². The lowest BCUT2D eigenvalue weighted by atomic mass is 9.76. The molecule has 0 aliphatic heterocycles. The van der Waals surface area contributed by atoms with Crippen LogP contribution in [0.25, 0.3) is 0 Å². The number of Topliss-reactive ketones (excluding diaryl/α,β-unsaturated/α-hetero) is 1. The predicted molar refractivity (Wildman–Crippen MR) is 68.3 cm³/mol. The van der Waals surface area contributed by atoms with Crippen molar-refractivity contribution in [3.05, 3.63) is 0 Å². The van der Waals surface area contributed by atoms with Crippen LogP contribution >= 0.6 is 0 Å². The Bertz CT molecular complexity index is 216. The summed E-state index contributed by atoms with van der Waals surface area (Å²) in [5.74, 6) is 0.858. The van der Waals surface area contributed by atoms with Gasteiger partial charge >= 0.3 is 0 Å². The lowest BCUT2D eigenvalue weighted by molar-refractivity contribution is -0.119. The normalized spacial score (nSPS) is 12.2. The molecule has 0 saturated carbocycles. The number of nitrogens with one attached hydrogen (secondary N) is 1. The number of amides is 1. The third-order valence-corrected chi connectivity index (χ3v) is 2.60. The van der Waals surface area contributed by atoms with Gasteiger partial charge in [0.1, 0.15) is 5.78 Å². The molecule has 3 heteroatoms. The van der Waals surface area contributed by atoms with Crippen LogP contribution in [0.5, 0.6) is 0 Å². The highest BCUT2D eigenvalue weighted by atomic mass is 16.1. The second-order valence-corrected chi connectivity index (χ2v) is 5.18. The van der Waals surface area contributed by atoms with Gasteiger partial charge in [-0.15, -0.1) is 0 Å². The molecule has 0 saturated heterocycles. The zero-order chi connectivity index (χ0) is 13.4. The molecule has 0 spiro atoms. The van der Waals surface area contributed by atoms with Gasteiger partial charge in [0, 0.05) is 20.4 Å². The molecule has 0 aromatic heterocycles. The number of carbonyl (C=O) groups excluding carboxylic acids is 2. The monoisotopic (exact) mass is 229 g/mol. The average Bonchev–Trinajstić information content (AvgIpc) is 2.13. The van der Waals surface area contributed by atoms with Crippen LogP contribution in [0.2, 0.25) is 0 Å². The van der Waals surface area contributed by atoms with Crippen molar-refractivity contribution in [1.29, 1.82) is 0 Å². The summed E-state index contributed by atoms with van der Waals surface area (Å²) in [6, 6.07) is 0. The molecular formula is C13H27NO2. The van der Waals surface area contributed by atoms with E-state index >= 15 is 0 Å². The molecule has 0 aromatic rings. The Morgan fingerprint density at radius 3 is 1.62 bits per heavy atom. The highest BCUT2D eigenvalue weighted by Crippen LogP contribution is 2.31. The fourth-order valence-electron chi connectivity index (χ4n) is 1.41. The van der Waals surface area contributed by atoms with Crippen LogP contribution < -0.4 is 5.32 Å². The summed E-state index contributed by atoms with van der Waals surface area (Å²) >= 11 is 0. The van der Waals surface area contributed by atoms with Crippen molar-refractivity contribution >= 4 is 11.7 Å². The Kier molecular flexibility index (Phi) is 9.11. The van der Waals surface area contributed by atoms with Gasteiger partial charge in [0.2, 0.25) is 5.91 Å². The van der Waals surface area contributed by atoms with Crippen molar-refractivity contribution in [2.24, 2.45) is 11.3 Å². The second-order valence-electron chi connectivity index (χ2n) is 5.18. The van der Waals surface area contributed by atoms with E-state index in [1.165, 1.54) is 6.92 Å². The lowest BCUT2D eigenvalue weighted by Gasteiger charge is -2.28. The third-order valence-electron chi connectivity index (χ3n) is 2.60. The summed E-state index contributed by atoms with van der Waals surface area (Å²) in [7, 11) is 1.60. The van der Waals surface area contributed by atoms with Crippen LogP contribution in [-0.4, -0.2) is 18.7 Å². The summed E-state index contributed by atoms with van der Waals surface area (Å²) in [5, 5.41) is 2.39. The maximum Gasteiger partial charge on any atom is 0.216 e. The number of carbonyl (C=O) groups is 2. The van der Waals surface area contributed by atoms with Crippen LogP contribution in [0.3, 0.4) is 0 Å². The summed E-state index contributed by atoms with van der Waals surface area (Å²) in [5.41, 5.74) is 0.278. The largest absolute Gasteiger partial charge is 0.359 e. The second kappa shape index (κ2) is 8.31. The van der Waals surface area contributed by atoms with E-state index < -0.39 is 0 Å². The van der Waals surface area contributed by atoms with Gasteiger partial charge in [-0.05, 0) is 18.3 Å². The minimum Gasteiger partial charge on any atom is -0.359 e. The summed E-state index contributed by atoms with van der Waals surface area (Å²) < 4.78 is 0. The van der Waals surface area contributed by atoms with Crippen molar-refractivity contribution < 1.29 is 9.59 Å². The van der Waals surface area contributed by atoms with Gasteiger partial charge in [0.25, 0.3) is 0 Å². The van der Waals surface area contributed by atoms with Crippen LogP contribution in [0.1, 0.15) is 54.4 Å². The molecule has 1 unspecified atom stereocenters. The number of hydrogen-bond acceptors (Lipinski definition) is 2. The first-order chi connectivity index (χ1) is 7.15. The smallest absolute Gasteiger partial charge is 0.216 e. The van der Waals surface area contributed by atoms with Crippen molar-refractivity contribution in [2.45, 2.75) is 54.4 Å². The molecule has 3 nitrogen and oxygen atoms in total. The fourth-order valence-corrected chi connectivity index (χ4v) is 1.41. The van der Waals surface area contributed by atoms with E-state index in [1.54, 1.807) is 14.0 Å². The first-order valence-electron chi connectivity index (χ1n) is 5.82. The zero-order valence-electron chi connectivity index (χ0n) is 11.8. The zero-order valence-corrected chi connectivity index (χ0v) is 11.8. The molecule has 0 heterocycles. The van der Waals surface area contributed by atoms with Crippen molar-refractivity contribution in [3.63, 3.8) is 0 Å². The van der Waals surface area contributed by atoms with E-state index in [-0.39, 0.29) is 11.3 Å². The van der Waals surface area contributed by atoms with Crippen LogP contribution in [0.4, 0.5) is 0 Å². The van der Waals surface area contributed by atoms with E-state index in [0.717, 1.165) is 12.8 Å². The van der Waals surface area contributed by atoms with Gasteiger partial charge in [0.15, 0.2) is 0 Å². The Balaban J connectivity index is 0. The summed E-state index contributed by atoms with van der Waals surface area (Å²) in [6.07, 6.45) is 1.84. The SMILES string of the molecule is CCC(CC(C)=O)C(C)(C)C.CNC(C)=O. The lowest BCUT2D eigenvalue weighted by Crippen LogP contribution is -2.21. The Hall–Kier alpha value is -0.860. The quantitative estimate of drug-likeness (QED) is 0.809. The molecule has 96 valence electrons. The molecule has 0 radical (unpaired) electrons. The van der Waals surface area contributed by atoms with Crippen LogP contribution in [0.15, 0.2) is 0 Å². The number of ketones is 1. The van der Waals surface area contributed by atoms with Gasteiger partial charge in [-0.2, -0.15) is 0 Å². The van der Waals surface area contributed by atoms with Crippen LogP contribution in [0, 0.1) is 11.3 Å². The summed E-state index contributed by atoms with van der Waals surface area (Å²) in [6.45, 7) is 11.9. The first-order valence-corrected chi connectivity index (χ1v) is 5.82. The maximum absolute atomic E-state index is 10.9. The maximum atomic E-state index is 10.9. The van der Waals surface area contributed by atoms with E-state index in [0.29, 0.717) is 11.7 Å². The van der Waals surface area contributed by atoms with E-state index in [2.05, 4.69) is 33.0 Å². The molecule has 0 aliphatic carbocycles. The Morgan fingerprint density at radius 2 is 1.56 bits per heavy atom. The Morgan fingerprint density at radius 1 is 1.19 bits per heavy atom. The third kappa shape index (κ3) is 11.2. The van der Waals surface area contributed by atoms with Gasteiger partial charge in [-0.25, -0.2) is 0 Å². The van der Waals surface area contributed by atoms with Crippen molar-refractivity contribution in [1.82, 2.24) is 5.32 Å². The highest BCUT2D eigenvalue weighted by molar-refractivity contribution is 5.75. The predicted octanol–water partition coefficient (Wildman–Crippen LogP) is 2.79. The Labute approximate surface area is 100.0 Å². The molecule has 0 rings (SSSR count). The molecular weight excluding hydrogens is 202 g/mol. The summed E-state index contributed by atoms with van der Waals surface area (Å²) in [4.78, 5) is 20.6. The van der Waals surface area contributed by atoms with Gasteiger partial charge < -0.3 is 10.1 Å². The molecule has 1 atom stereocenters. The van der Waals surface area contributed by atoms with E-state index in [9.17, 15) is 9.59 Å². The molecule has 0 aliphatic rings. The standard InChI is InChI=1S/C10H20O.C3H7NO/c1-6-9(7-8(2)11)10(3,4)5;1-3(5)4-2/h9H,6-7H2,1-5H3;1-2H3,(H,4,5). The minimum absolute atomic E-state index is 0.00463. The number of hydrogen-bond donors (Lipinski definition) is 1. The molecule has 16 heavy (non-hydrogen) atoms. The first kappa shape index (κ1) is 17.5. The van der Waals surface area contributed by atoms with E-state index in [1.807, 2.05) is 0 Å². The molecule has 0 fully saturated rings. The van der Waals surface area contributed by atoms with E-state index in [4.69, 9.17) is 0 Å². The molecule has 0 bridgehead atoms. The molecule has 1 amide bonds. The molecule has 1 N–H and O–H groups in total. The minimum atomic E-state index is 0.00463. The highest BCUT2D eigenvalue weighted by Gasteiger charge is 2.23. The van der Waals surface area contributed by atoms with Gasteiger partial charge in [0.05, 0.1) is 0 Å². The fraction of sp³-hybridized carbons (Fsp3) is 0.846. The van der Waals surface area contributed by atoms with Crippen molar-refractivity contribution in [3.8, 4) is 0 Å². The van der Waals surface area contributed by atoms with Crippen molar-refractivity contribution in [2.75, 3.05) is 7.05 Å². The topological polar surface area (TPSA) is 46.2 Å². The average molecular weight is 229 g/mol. The molecule has 0 aromatic carbocycles.